The van der Waals surface area contributed by atoms with Crippen LogP contribution < -0.4 is 0 Å². The second kappa shape index (κ2) is 7.82. The van der Waals surface area contributed by atoms with Crippen molar-refractivity contribution in [1.29, 1.82) is 0 Å². The quantitative estimate of drug-likeness (QED) is 0.718. The number of alkyl halides is 3. The van der Waals surface area contributed by atoms with E-state index in [-0.39, 0.29) is 11.6 Å². The minimum atomic E-state index is -4.51. The number of nitrogens with zero attached hydrogens (tertiary/aromatic N) is 5. The van der Waals surface area contributed by atoms with Crippen molar-refractivity contribution in [3.05, 3.63) is 65.6 Å². The fourth-order valence-corrected chi connectivity index (χ4v) is 3.71. The van der Waals surface area contributed by atoms with Gasteiger partial charge in [0.25, 0.3) is 0 Å². The van der Waals surface area contributed by atoms with Crippen LogP contribution >= 0.6 is 0 Å². The van der Waals surface area contributed by atoms with Crippen LogP contribution in [0.2, 0.25) is 0 Å². The van der Waals surface area contributed by atoms with Crippen molar-refractivity contribution in [3.63, 3.8) is 0 Å². The van der Waals surface area contributed by atoms with Gasteiger partial charge in [-0.1, -0.05) is 17.3 Å². The summed E-state index contributed by atoms with van der Waals surface area (Å²) in [6, 6.07) is 9.57. The lowest BCUT2D eigenvalue weighted by atomic mass is 9.89. The number of pyridine rings is 1. The Labute approximate surface area is 165 Å². The summed E-state index contributed by atoms with van der Waals surface area (Å²) >= 11 is 0. The molecule has 1 fully saturated rings. The summed E-state index contributed by atoms with van der Waals surface area (Å²) in [5.74, 6) is 0.382. The first kappa shape index (κ1) is 19.4. The minimum Gasteiger partial charge on any atom is -0.508 e. The number of phenolic OH excluding ortho intramolecular Hbond substituents is 1. The highest BCUT2D eigenvalue weighted by atomic mass is 19.4. The summed E-state index contributed by atoms with van der Waals surface area (Å²) in [5.41, 5.74) is 0.883. The van der Waals surface area contributed by atoms with Gasteiger partial charge in [-0.25, -0.2) is 9.67 Å². The smallest absolute Gasteiger partial charge is 0.420 e. The third kappa shape index (κ3) is 4.40. The largest absolute Gasteiger partial charge is 0.508 e. The summed E-state index contributed by atoms with van der Waals surface area (Å²) in [4.78, 5) is 6.04. The molecule has 1 aliphatic rings. The lowest BCUT2D eigenvalue weighted by Crippen LogP contribution is -2.32. The summed E-state index contributed by atoms with van der Waals surface area (Å²) < 4.78 is 40.7. The number of hydrogen-bond acceptors (Lipinski definition) is 5. The number of aromatic hydroxyl groups is 1. The first-order valence-electron chi connectivity index (χ1n) is 9.35. The Morgan fingerprint density at radius 2 is 1.90 bits per heavy atom. The van der Waals surface area contributed by atoms with E-state index in [9.17, 15) is 18.3 Å². The van der Waals surface area contributed by atoms with Gasteiger partial charge in [0.05, 0.1) is 11.9 Å². The Hall–Kier alpha value is -2.94. The van der Waals surface area contributed by atoms with Gasteiger partial charge in [-0.3, -0.25) is 4.90 Å². The molecule has 29 heavy (non-hydrogen) atoms. The molecule has 0 atom stereocenters. The highest BCUT2D eigenvalue weighted by molar-refractivity contribution is 5.35. The topological polar surface area (TPSA) is 67.1 Å². The number of hydrogen-bond donors (Lipinski definition) is 1. The monoisotopic (exact) mass is 403 g/mol. The molecule has 3 heterocycles. The number of aromatic nitrogens is 4. The van der Waals surface area contributed by atoms with Crippen molar-refractivity contribution in [2.45, 2.75) is 31.5 Å². The summed E-state index contributed by atoms with van der Waals surface area (Å²) in [5, 5.41) is 17.5. The Morgan fingerprint density at radius 1 is 1.10 bits per heavy atom. The van der Waals surface area contributed by atoms with E-state index in [1.54, 1.807) is 12.1 Å². The Morgan fingerprint density at radius 3 is 2.62 bits per heavy atom. The lowest BCUT2D eigenvalue weighted by molar-refractivity contribution is -0.137. The van der Waals surface area contributed by atoms with Gasteiger partial charge in [-0.2, -0.15) is 13.2 Å². The molecule has 0 unspecified atom stereocenters. The van der Waals surface area contributed by atoms with Crippen LogP contribution in [0.25, 0.3) is 5.82 Å². The molecule has 2 aromatic heterocycles. The van der Waals surface area contributed by atoms with Crippen LogP contribution in [0.1, 0.15) is 35.6 Å². The number of piperidine rings is 1. The normalized spacial score (nSPS) is 16.2. The molecule has 0 bridgehead atoms. The zero-order valence-electron chi connectivity index (χ0n) is 15.5. The molecule has 4 rings (SSSR count). The molecule has 0 spiro atoms. The number of rotatable bonds is 4. The Balaban J connectivity index is 1.41. The number of likely N-dealkylation sites (tertiary alicyclic amines) is 1. The van der Waals surface area contributed by atoms with Gasteiger partial charge in [-0.05, 0) is 61.7 Å². The molecule has 0 amide bonds. The van der Waals surface area contributed by atoms with E-state index in [0.717, 1.165) is 42.2 Å². The van der Waals surface area contributed by atoms with Crippen molar-refractivity contribution in [2.24, 2.45) is 0 Å². The molecule has 3 aromatic rings. The first-order valence-corrected chi connectivity index (χ1v) is 9.35. The molecule has 1 N–H and O–H groups in total. The van der Waals surface area contributed by atoms with E-state index in [1.807, 2.05) is 12.1 Å². The highest BCUT2D eigenvalue weighted by Crippen LogP contribution is 2.33. The van der Waals surface area contributed by atoms with Gasteiger partial charge < -0.3 is 5.11 Å². The summed E-state index contributed by atoms with van der Waals surface area (Å²) in [6.07, 6.45) is 0.173. The van der Waals surface area contributed by atoms with E-state index < -0.39 is 11.7 Å². The molecule has 0 radical (unpaired) electrons. The first-order chi connectivity index (χ1) is 13.9. The van der Waals surface area contributed by atoms with Crippen LogP contribution in [-0.4, -0.2) is 43.1 Å². The van der Waals surface area contributed by atoms with Crippen LogP contribution in [0, 0.1) is 0 Å². The number of phenols is 1. The van der Waals surface area contributed by atoms with Crippen molar-refractivity contribution in [1.82, 2.24) is 24.9 Å². The van der Waals surface area contributed by atoms with Crippen molar-refractivity contribution >= 4 is 0 Å². The fourth-order valence-electron chi connectivity index (χ4n) is 3.71. The van der Waals surface area contributed by atoms with E-state index in [1.165, 1.54) is 18.5 Å². The van der Waals surface area contributed by atoms with Gasteiger partial charge >= 0.3 is 6.18 Å². The SMILES string of the molecule is Oc1cccc(C2CCN(Cc3cn(-c4ncccc4C(F)(F)F)nn3)CC2)c1. The predicted octanol–water partition coefficient (Wildman–Crippen LogP) is 3.77. The van der Waals surface area contributed by atoms with Gasteiger partial charge in [0.1, 0.15) is 11.3 Å². The van der Waals surface area contributed by atoms with Crippen LogP contribution in [-0.2, 0) is 12.7 Å². The average Bonchev–Trinajstić information content (AvgIpc) is 3.16. The fraction of sp³-hybridized carbons (Fsp3) is 0.350. The van der Waals surface area contributed by atoms with E-state index in [0.29, 0.717) is 18.2 Å². The standard InChI is InChI=1S/C20H20F3N5O/c21-20(22,23)18-5-2-8-24-19(18)28-13-16(25-26-28)12-27-9-6-14(7-10-27)15-3-1-4-17(29)11-15/h1-5,8,11,13-14,29H,6-7,9-10,12H2. The Bertz CT molecular complexity index is 980. The average molecular weight is 403 g/mol. The van der Waals surface area contributed by atoms with Gasteiger partial charge in [0.15, 0.2) is 5.82 Å². The van der Waals surface area contributed by atoms with Crippen molar-refractivity contribution in [3.8, 4) is 11.6 Å². The van der Waals surface area contributed by atoms with Crippen molar-refractivity contribution in [2.75, 3.05) is 13.1 Å². The second-order valence-corrected chi connectivity index (χ2v) is 7.17. The number of benzene rings is 1. The molecule has 0 aliphatic carbocycles. The molecule has 6 nitrogen and oxygen atoms in total. The molecular weight excluding hydrogens is 383 g/mol. The van der Waals surface area contributed by atoms with Crippen LogP contribution in [0.5, 0.6) is 5.75 Å². The van der Waals surface area contributed by atoms with Crippen LogP contribution in [0.3, 0.4) is 0 Å². The maximum Gasteiger partial charge on any atom is 0.420 e. The van der Waals surface area contributed by atoms with E-state index in [2.05, 4.69) is 20.2 Å². The zero-order chi connectivity index (χ0) is 20.4. The summed E-state index contributed by atoms with van der Waals surface area (Å²) in [6.45, 7) is 2.19. The molecule has 1 saturated heterocycles. The zero-order valence-corrected chi connectivity index (χ0v) is 15.5. The van der Waals surface area contributed by atoms with E-state index >= 15 is 0 Å². The minimum absolute atomic E-state index is 0.272. The van der Waals surface area contributed by atoms with Crippen molar-refractivity contribution < 1.29 is 18.3 Å². The maximum absolute atomic E-state index is 13.2. The lowest BCUT2D eigenvalue weighted by Gasteiger charge is -2.31. The van der Waals surface area contributed by atoms with Gasteiger partial charge in [-0.15, -0.1) is 5.10 Å². The third-order valence-corrected chi connectivity index (χ3v) is 5.16. The molecule has 0 saturated carbocycles. The second-order valence-electron chi connectivity index (χ2n) is 7.17. The van der Waals surface area contributed by atoms with Crippen LogP contribution in [0.15, 0.2) is 48.8 Å². The highest BCUT2D eigenvalue weighted by Gasteiger charge is 2.35. The number of halogens is 3. The maximum atomic E-state index is 13.2. The molecule has 9 heteroatoms. The predicted molar refractivity (Wildman–Crippen MR) is 99.5 cm³/mol. The summed E-state index contributed by atoms with van der Waals surface area (Å²) in [7, 11) is 0. The van der Waals surface area contributed by atoms with Gasteiger partial charge in [0, 0.05) is 12.7 Å². The third-order valence-electron chi connectivity index (χ3n) is 5.16. The Kier molecular flexibility index (Phi) is 5.23. The molecule has 1 aliphatic heterocycles. The van der Waals surface area contributed by atoms with Crippen LogP contribution in [0.4, 0.5) is 13.2 Å². The molecular formula is C20H20F3N5O. The van der Waals surface area contributed by atoms with E-state index in [4.69, 9.17) is 0 Å². The molecule has 152 valence electrons. The van der Waals surface area contributed by atoms with Gasteiger partial charge in [0.2, 0.25) is 0 Å². The molecule has 1 aromatic carbocycles.